The maximum Gasteiger partial charge on any atom is 0.276 e. The van der Waals surface area contributed by atoms with Crippen molar-refractivity contribution in [1.29, 1.82) is 0 Å². The molecule has 0 unspecified atom stereocenters. The number of rotatable bonds is 9. The molecular formula is C21H26N2O5. The van der Waals surface area contributed by atoms with E-state index in [1.807, 2.05) is 32.0 Å². The number of ether oxygens (including phenoxy) is 3. The van der Waals surface area contributed by atoms with Gasteiger partial charge in [-0.2, -0.15) is 0 Å². The van der Waals surface area contributed by atoms with Crippen LogP contribution < -0.4 is 25.1 Å². The van der Waals surface area contributed by atoms with E-state index in [0.717, 1.165) is 16.9 Å². The summed E-state index contributed by atoms with van der Waals surface area (Å²) in [5.74, 6) is 1.42. The zero-order chi connectivity index (χ0) is 20.4. The van der Waals surface area contributed by atoms with Gasteiger partial charge in [0.25, 0.3) is 5.91 Å². The SMILES string of the molecule is COc1ccc(OCCCC(=O)NNC(=O)COc2c(C)cccc2C)cc1. The topological polar surface area (TPSA) is 85.9 Å². The van der Waals surface area contributed by atoms with E-state index in [0.29, 0.717) is 24.5 Å². The third-order valence-electron chi connectivity index (χ3n) is 3.97. The molecule has 0 radical (unpaired) electrons. The molecule has 2 rings (SSSR count). The summed E-state index contributed by atoms with van der Waals surface area (Å²) in [5, 5.41) is 0. The molecule has 0 atom stereocenters. The first-order chi connectivity index (χ1) is 13.5. The van der Waals surface area contributed by atoms with E-state index in [1.54, 1.807) is 31.4 Å². The van der Waals surface area contributed by atoms with Crippen molar-refractivity contribution in [2.45, 2.75) is 26.7 Å². The normalized spacial score (nSPS) is 10.1. The van der Waals surface area contributed by atoms with Crippen molar-refractivity contribution < 1.29 is 23.8 Å². The van der Waals surface area contributed by atoms with Gasteiger partial charge in [-0.25, -0.2) is 0 Å². The number of carbonyl (C=O) groups excluding carboxylic acids is 2. The Bertz CT molecular complexity index is 770. The summed E-state index contributed by atoms with van der Waals surface area (Å²) in [7, 11) is 1.60. The fraction of sp³-hybridized carbons (Fsp3) is 0.333. The van der Waals surface area contributed by atoms with Gasteiger partial charge in [0, 0.05) is 6.42 Å². The van der Waals surface area contributed by atoms with Crippen LogP contribution in [0.4, 0.5) is 0 Å². The van der Waals surface area contributed by atoms with E-state index < -0.39 is 5.91 Å². The number of para-hydroxylation sites is 1. The molecular weight excluding hydrogens is 360 g/mol. The predicted molar refractivity (Wildman–Crippen MR) is 105 cm³/mol. The number of nitrogens with one attached hydrogen (secondary N) is 2. The summed E-state index contributed by atoms with van der Waals surface area (Å²) in [4.78, 5) is 23.6. The first-order valence-electron chi connectivity index (χ1n) is 9.03. The van der Waals surface area contributed by atoms with Crippen molar-refractivity contribution in [3.8, 4) is 17.2 Å². The monoisotopic (exact) mass is 386 g/mol. The molecule has 0 aromatic heterocycles. The molecule has 0 fully saturated rings. The molecule has 0 saturated carbocycles. The summed E-state index contributed by atoms with van der Waals surface area (Å²) < 4.78 is 16.2. The van der Waals surface area contributed by atoms with Gasteiger partial charge in [0.1, 0.15) is 17.2 Å². The number of methoxy groups -OCH3 is 1. The van der Waals surface area contributed by atoms with Crippen LogP contribution in [0.2, 0.25) is 0 Å². The maximum absolute atomic E-state index is 11.8. The van der Waals surface area contributed by atoms with Crippen molar-refractivity contribution in [3.63, 3.8) is 0 Å². The lowest BCUT2D eigenvalue weighted by molar-refractivity contribution is -0.130. The number of hydrogen-bond acceptors (Lipinski definition) is 5. The minimum absolute atomic E-state index is 0.174. The zero-order valence-corrected chi connectivity index (χ0v) is 16.4. The number of hydrogen-bond donors (Lipinski definition) is 2. The van der Waals surface area contributed by atoms with Crippen molar-refractivity contribution in [1.82, 2.24) is 10.9 Å². The van der Waals surface area contributed by atoms with Crippen molar-refractivity contribution >= 4 is 11.8 Å². The molecule has 0 aliphatic heterocycles. The second-order valence-electron chi connectivity index (χ2n) is 6.23. The van der Waals surface area contributed by atoms with E-state index in [2.05, 4.69) is 10.9 Å². The van der Waals surface area contributed by atoms with Gasteiger partial charge in [0.2, 0.25) is 5.91 Å². The van der Waals surface area contributed by atoms with Crippen LogP contribution in [0.25, 0.3) is 0 Å². The van der Waals surface area contributed by atoms with Crippen LogP contribution in [0.3, 0.4) is 0 Å². The average molecular weight is 386 g/mol. The highest BCUT2D eigenvalue weighted by molar-refractivity contribution is 5.82. The molecule has 150 valence electrons. The van der Waals surface area contributed by atoms with Gasteiger partial charge >= 0.3 is 0 Å². The Hall–Kier alpha value is -3.22. The lowest BCUT2D eigenvalue weighted by Crippen LogP contribution is -2.43. The molecule has 2 aromatic rings. The first kappa shape index (κ1) is 21.1. The Morgan fingerprint density at radius 2 is 1.46 bits per heavy atom. The van der Waals surface area contributed by atoms with Gasteiger partial charge in [-0.05, 0) is 55.7 Å². The summed E-state index contributed by atoms with van der Waals surface area (Å²) in [6, 6.07) is 13.0. The van der Waals surface area contributed by atoms with Crippen LogP contribution in [-0.2, 0) is 9.59 Å². The highest BCUT2D eigenvalue weighted by Gasteiger charge is 2.08. The van der Waals surface area contributed by atoms with Crippen molar-refractivity contribution in [3.05, 3.63) is 53.6 Å². The molecule has 2 aromatic carbocycles. The molecule has 0 aliphatic rings. The zero-order valence-electron chi connectivity index (χ0n) is 16.4. The first-order valence-corrected chi connectivity index (χ1v) is 9.03. The van der Waals surface area contributed by atoms with Crippen LogP contribution in [0, 0.1) is 13.8 Å². The molecule has 0 bridgehead atoms. The Labute approximate surface area is 165 Å². The number of hydrazine groups is 1. The molecule has 0 spiro atoms. The Morgan fingerprint density at radius 1 is 0.857 bits per heavy atom. The van der Waals surface area contributed by atoms with Crippen LogP contribution >= 0.6 is 0 Å². The molecule has 0 aliphatic carbocycles. The molecule has 7 heteroatoms. The van der Waals surface area contributed by atoms with Gasteiger partial charge in [0.15, 0.2) is 6.61 Å². The van der Waals surface area contributed by atoms with E-state index >= 15 is 0 Å². The number of carbonyl (C=O) groups is 2. The fourth-order valence-corrected chi connectivity index (χ4v) is 2.50. The number of aryl methyl sites for hydroxylation is 2. The molecule has 0 saturated heterocycles. The van der Waals surface area contributed by atoms with E-state index in [-0.39, 0.29) is 18.9 Å². The number of amides is 2. The van der Waals surface area contributed by atoms with E-state index in [4.69, 9.17) is 14.2 Å². The van der Waals surface area contributed by atoms with Gasteiger partial charge in [-0.1, -0.05) is 18.2 Å². The Kier molecular flexibility index (Phi) is 8.14. The second-order valence-corrected chi connectivity index (χ2v) is 6.23. The van der Waals surface area contributed by atoms with Crippen LogP contribution in [0.15, 0.2) is 42.5 Å². The second kappa shape index (κ2) is 10.8. The highest BCUT2D eigenvalue weighted by Crippen LogP contribution is 2.22. The fourth-order valence-electron chi connectivity index (χ4n) is 2.50. The maximum atomic E-state index is 11.8. The van der Waals surface area contributed by atoms with Gasteiger partial charge in [-0.15, -0.1) is 0 Å². The molecule has 2 amide bonds. The third-order valence-corrected chi connectivity index (χ3v) is 3.97. The molecule has 2 N–H and O–H groups in total. The average Bonchev–Trinajstić information content (AvgIpc) is 2.69. The summed E-state index contributed by atoms with van der Waals surface area (Å²) in [6.07, 6.45) is 0.751. The van der Waals surface area contributed by atoms with Crippen LogP contribution in [0.5, 0.6) is 17.2 Å². The molecule has 28 heavy (non-hydrogen) atoms. The standard InChI is InChI=1S/C21H26N2O5/c1-15-6-4-7-16(2)21(15)28-14-20(25)23-22-19(24)8-5-13-27-18-11-9-17(26-3)10-12-18/h4,6-7,9-12H,5,8,13-14H2,1-3H3,(H,22,24)(H,23,25). The van der Waals surface area contributed by atoms with Crippen molar-refractivity contribution in [2.75, 3.05) is 20.3 Å². The van der Waals surface area contributed by atoms with Crippen LogP contribution in [-0.4, -0.2) is 32.1 Å². The summed E-state index contributed by atoms with van der Waals surface area (Å²) in [6.45, 7) is 4.04. The largest absolute Gasteiger partial charge is 0.497 e. The number of benzene rings is 2. The lowest BCUT2D eigenvalue weighted by atomic mass is 10.1. The van der Waals surface area contributed by atoms with Gasteiger partial charge in [0.05, 0.1) is 13.7 Å². The summed E-state index contributed by atoms with van der Waals surface area (Å²) >= 11 is 0. The minimum Gasteiger partial charge on any atom is -0.497 e. The van der Waals surface area contributed by atoms with Crippen molar-refractivity contribution in [2.24, 2.45) is 0 Å². The predicted octanol–water partition coefficient (Wildman–Crippen LogP) is 2.70. The minimum atomic E-state index is -0.425. The van der Waals surface area contributed by atoms with Gasteiger partial charge in [-0.3, -0.25) is 20.4 Å². The quantitative estimate of drug-likeness (QED) is 0.511. The molecule has 0 heterocycles. The Balaban J connectivity index is 1.60. The highest BCUT2D eigenvalue weighted by atomic mass is 16.5. The Morgan fingerprint density at radius 3 is 2.11 bits per heavy atom. The molecule has 7 nitrogen and oxygen atoms in total. The third kappa shape index (κ3) is 6.83. The summed E-state index contributed by atoms with van der Waals surface area (Å²) in [5.41, 5.74) is 6.62. The van der Waals surface area contributed by atoms with Gasteiger partial charge < -0.3 is 14.2 Å². The lowest BCUT2D eigenvalue weighted by Gasteiger charge is -2.12. The van der Waals surface area contributed by atoms with E-state index in [9.17, 15) is 9.59 Å². The van der Waals surface area contributed by atoms with E-state index in [1.165, 1.54) is 0 Å². The smallest absolute Gasteiger partial charge is 0.276 e. The van der Waals surface area contributed by atoms with Crippen LogP contribution in [0.1, 0.15) is 24.0 Å².